The van der Waals surface area contributed by atoms with Crippen molar-refractivity contribution in [1.82, 2.24) is 0 Å². The zero-order valence-electron chi connectivity index (χ0n) is 5.63. The van der Waals surface area contributed by atoms with E-state index in [1.807, 2.05) is 0 Å². The molecule has 1 aromatic carbocycles. The number of esters is 1. The molecular formula is C8H5NO2. The molecule has 0 amide bonds. The van der Waals surface area contributed by atoms with Gasteiger partial charge in [0.05, 0.1) is 11.1 Å². The Kier molecular flexibility index (Phi) is 1.06. The summed E-state index contributed by atoms with van der Waals surface area (Å²) in [4.78, 5) is 10.9. The first-order valence-corrected chi connectivity index (χ1v) is 3.19. The van der Waals surface area contributed by atoms with Gasteiger partial charge in [0, 0.05) is 0 Å². The minimum atomic E-state index is -0.425. The molecule has 1 aliphatic heterocycles. The zero-order valence-corrected chi connectivity index (χ0v) is 5.63. The normalized spacial score (nSPS) is 14.5. The van der Waals surface area contributed by atoms with E-state index in [-0.39, 0.29) is 5.90 Å². The SMILES string of the molecule is N=C1OC(=O)c2ccccc21. The van der Waals surface area contributed by atoms with Crippen LogP contribution >= 0.6 is 0 Å². The zero-order chi connectivity index (χ0) is 7.84. The fourth-order valence-corrected chi connectivity index (χ4v) is 1.06. The number of carbonyl (C=O) groups is 1. The van der Waals surface area contributed by atoms with Crippen molar-refractivity contribution in [1.29, 1.82) is 5.41 Å². The number of nitrogens with one attached hydrogen (secondary N) is 1. The summed E-state index contributed by atoms with van der Waals surface area (Å²) in [7, 11) is 0. The molecule has 0 bridgehead atoms. The maximum absolute atomic E-state index is 10.9. The van der Waals surface area contributed by atoms with E-state index in [2.05, 4.69) is 4.74 Å². The molecule has 3 heteroatoms. The molecule has 0 saturated heterocycles. The van der Waals surface area contributed by atoms with Gasteiger partial charge in [-0.25, -0.2) is 4.79 Å². The number of fused-ring (bicyclic) bond motifs is 1. The highest BCUT2D eigenvalue weighted by Crippen LogP contribution is 2.18. The molecule has 1 aromatic rings. The third-order valence-corrected chi connectivity index (χ3v) is 1.59. The lowest BCUT2D eigenvalue weighted by Gasteiger charge is -1.88. The van der Waals surface area contributed by atoms with Crippen LogP contribution in [0.3, 0.4) is 0 Å². The summed E-state index contributed by atoms with van der Waals surface area (Å²) in [5, 5.41) is 7.22. The molecular weight excluding hydrogens is 142 g/mol. The lowest BCUT2D eigenvalue weighted by Crippen LogP contribution is -1.96. The van der Waals surface area contributed by atoms with Gasteiger partial charge in [-0.3, -0.25) is 5.41 Å². The Morgan fingerprint density at radius 3 is 2.45 bits per heavy atom. The van der Waals surface area contributed by atoms with Crippen LogP contribution in [-0.4, -0.2) is 11.9 Å². The van der Waals surface area contributed by atoms with E-state index >= 15 is 0 Å². The van der Waals surface area contributed by atoms with E-state index in [0.717, 1.165) is 0 Å². The van der Waals surface area contributed by atoms with Crippen molar-refractivity contribution in [3.8, 4) is 0 Å². The second-order valence-electron chi connectivity index (χ2n) is 2.26. The molecule has 0 radical (unpaired) electrons. The maximum Gasteiger partial charge on any atom is 0.345 e. The lowest BCUT2D eigenvalue weighted by atomic mass is 10.1. The summed E-state index contributed by atoms with van der Waals surface area (Å²) < 4.78 is 4.58. The van der Waals surface area contributed by atoms with Crippen LogP contribution in [-0.2, 0) is 4.74 Å². The molecule has 0 saturated carbocycles. The second-order valence-corrected chi connectivity index (χ2v) is 2.26. The molecule has 1 aliphatic rings. The van der Waals surface area contributed by atoms with E-state index in [1.165, 1.54) is 0 Å². The molecule has 0 aromatic heterocycles. The summed E-state index contributed by atoms with van der Waals surface area (Å²) in [6.07, 6.45) is 0. The minimum absolute atomic E-state index is 0.0504. The Hall–Kier alpha value is -1.64. The van der Waals surface area contributed by atoms with Gasteiger partial charge in [0.25, 0.3) is 0 Å². The summed E-state index contributed by atoms with van der Waals surface area (Å²) in [6, 6.07) is 6.87. The van der Waals surface area contributed by atoms with Crippen molar-refractivity contribution in [3.63, 3.8) is 0 Å². The molecule has 0 fully saturated rings. The quantitative estimate of drug-likeness (QED) is 0.560. The predicted molar refractivity (Wildman–Crippen MR) is 38.7 cm³/mol. The van der Waals surface area contributed by atoms with E-state index in [4.69, 9.17) is 5.41 Å². The first-order chi connectivity index (χ1) is 5.29. The van der Waals surface area contributed by atoms with Gasteiger partial charge >= 0.3 is 5.97 Å². The molecule has 1 N–H and O–H groups in total. The Morgan fingerprint density at radius 2 is 1.82 bits per heavy atom. The van der Waals surface area contributed by atoms with Gasteiger partial charge < -0.3 is 4.74 Å². The number of ether oxygens (including phenoxy) is 1. The largest absolute Gasteiger partial charge is 0.404 e. The molecule has 0 spiro atoms. The molecule has 1 heterocycles. The molecule has 0 atom stereocenters. The third-order valence-electron chi connectivity index (χ3n) is 1.59. The van der Waals surface area contributed by atoms with Crippen molar-refractivity contribution in [2.75, 3.05) is 0 Å². The summed E-state index contributed by atoms with van der Waals surface area (Å²) in [5.74, 6) is -0.476. The van der Waals surface area contributed by atoms with Crippen LogP contribution in [0.15, 0.2) is 24.3 Å². The summed E-state index contributed by atoms with van der Waals surface area (Å²) in [5.41, 5.74) is 1.06. The fraction of sp³-hybridized carbons (Fsp3) is 0. The topological polar surface area (TPSA) is 50.1 Å². The van der Waals surface area contributed by atoms with Crippen molar-refractivity contribution in [2.24, 2.45) is 0 Å². The van der Waals surface area contributed by atoms with Gasteiger partial charge in [0.15, 0.2) is 0 Å². The van der Waals surface area contributed by atoms with E-state index < -0.39 is 5.97 Å². The number of benzene rings is 1. The smallest absolute Gasteiger partial charge is 0.345 e. The van der Waals surface area contributed by atoms with Crippen LogP contribution in [0, 0.1) is 5.41 Å². The lowest BCUT2D eigenvalue weighted by molar-refractivity contribution is 0.0736. The fourth-order valence-electron chi connectivity index (χ4n) is 1.06. The Morgan fingerprint density at radius 1 is 1.18 bits per heavy atom. The first kappa shape index (κ1) is 6.09. The van der Waals surface area contributed by atoms with Crippen molar-refractivity contribution in [2.45, 2.75) is 0 Å². The van der Waals surface area contributed by atoms with Gasteiger partial charge in [-0.15, -0.1) is 0 Å². The molecule has 54 valence electrons. The average Bonchev–Trinajstić information content (AvgIpc) is 2.30. The highest BCUT2D eigenvalue weighted by Gasteiger charge is 2.25. The monoisotopic (exact) mass is 147 g/mol. The second kappa shape index (κ2) is 1.92. The van der Waals surface area contributed by atoms with Crippen LogP contribution in [0.4, 0.5) is 0 Å². The predicted octanol–water partition coefficient (Wildman–Crippen LogP) is 1.18. The molecule has 0 aliphatic carbocycles. The van der Waals surface area contributed by atoms with Gasteiger partial charge in [0.2, 0.25) is 5.90 Å². The van der Waals surface area contributed by atoms with Crippen LogP contribution in [0.5, 0.6) is 0 Å². The van der Waals surface area contributed by atoms with Crippen LogP contribution < -0.4 is 0 Å². The Bertz CT molecular complexity index is 311. The Labute approximate surface area is 63.1 Å². The standard InChI is InChI=1S/C8H5NO2/c9-7-5-3-1-2-4-6(5)8(10)11-7/h1-4,9H. The molecule has 2 rings (SSSR count). The summed E-state index contributed by atoms with van der Waals surface area (Å²) >= 11 is 0. The Balaban J connectivity index is 2.69. The van der Waals surface area contributed by atoms with Gasteiger partial charge in [-0.2, -0.15) is 0 Å². The molecule has 11 heavy (non-hydrogen) atoms. The van der Waals surface area contributed by atoms with Gasteiger partial charge in [0.1, 0.15) is 0 Å². The average molecular weight is 147 g/mol. The van der Waals surface area contributed by atoms with E-state index in [0.29, 0.717) is 11.1 Å². The summed E-state index contributed by atoms with van der Waals surface area (Å²) in [6.45, 7) is 0. The van der Waals surface area contributed by atoms with Crippen molar-refractivity contribution in [3.05, 3.63) is 35.4 Å². The number of cyclic esters (lactones) is 1. The first-order valence-electron chi connectivity index (χ1n) is 3.19. The molecule has 3 nitrogen and oxygen atoms in total. The highest BCUT2D eigenvalue weighted by atomic mass is 16.5. The van der Waals surface area contributed by atoms with Crippen LogP contribution in [0.2, 0.25) is 0 Å². The third kappa shape index (κ3) is 0.741. The number of rotatable bonds is 0. The van der Waals surface area contributed by atoms with E-state index in [9.17, 15) is 4.79 Å². The van der Waals surface area contributed by atoms with Crippen LogP contribution in [0.1, 0.15) is 15.9 Å². The number of hydrogen-bond donors (Lipinski definition) is 1. The van der Waals surface area contributed by atoms with Crippen LogP contribution in [0.25, 0.3) is 0 Å². The van der Waals surface area contributed by atoms with Crippen molar-refractivity contribution < 1.29 is 9.53 Å². The maximum atomic E-state index is 10.9. The van der Waals surface area contributed by atoms with E-state index in [1.54, 1.807) is 24.3 Å². The van der Waals surface area contributed by atoms with Gasteiger partial charge in [-0.1, -0.05) is 12.1 Å². The minimum Gasteiger partial charge on any atom is -0.404 e. The number of carbonyl (C=O) groups excluding carboxylic acids is 1. The molecule has 0 unspecified atom stereocenters. The van der Waals surface area contributed by atoms with Gasteiger partial charge in [-0.05, 0) is 12.1 Å². The number of hydrogen-bond acceptors (Lipinski definition) is 3. The van der Waals surface area contributed by atoms with Crippen molar-refractivity contribution >= 4 is 11.9 Å². The highest BCUT2D eigenvalue weighted by molar-refractivity contribution is 6.15.